The van der Waals surface area contributed by atoms with Crippen LogP contribution in [0.15, 0.2) is 12.3 Å². The minimum Gasteiger partial charge on any atom is -0.299 e. The molecule has 0 amide bonds. The molecule has 0 fully saturated rings. The van der Waals surface area contributed by atoms with Gasteiger partial charge >= 0.3 is 0 Å². The fraction of sp³-hybridized carbons (Fsp3) is 0.667. The highest BCUT2D eigenvalue weighted by molar-refractivity contribution is 5.88. The van der Waals surface area contributed by atoms with Crippen LogP contribution in [0.1, 0.15) is 70.7 Å². The van der Waals surface area contributed by atoms with E-state index in [4.69, 9.17) is 0 Å². The summed E-state index contributed by atoms with van der Waals surface area (Å²) in [6, 6.07) is 2.22. The summed E-state index contributed by atoms with van der Waals surface area (Å²) in [5.74, 6) is 0.764. The minimum absolute atomic E-state index is 0.271. The number of hydrogen-bond acceptors (Lipinski definition) is 2. The predicted molar refractivity (Wildman–Crippen MR) is 85.1 cm³/mol. The van der Waals surface area contributed by atoms with Crippen molar-refractivity contribution in [2.45, 2.75) is 72.6 Å². The largest absolute Gasteiger partial charge is 0.299 e. The second kappa shape index (κ2) is 7.01. The molecule has 2 nitrogen and oxygen atoms in total. The maximum atomic E-state index is 12.4. The summed E-state index contributed by atoms with van der Waals surface area (Å²) in [5, 5.41) is 0. The standard InChI is InChI=1S/C18H29NO/c1-7-9-16-10-17(14(5)19-12-16)18(8-2,15(6)20)11-13(3)4/h10,12-13H,7-9,11H2,1-6H3. The van der Waals surface area contributed by atoms with E-state index in [1.165, 1.54) is 5.56 Å². The third kappa shape index (κ3) is 3.47. The Bertz CT molecular complexity index is 464. The molecule has 1 aromatic heterocycles. The third-order valence-corrected chi connectivity index (χ3v) is 4.23. The Morgan fingerprint density at radius 1 is 1.35 bits per heavy atom. The summed E-state index contributed by atoms with van der Waals surface area (Å²) < 4.78 is 0. The Kier molecular flexibility index (Phi) is 5.91. The van der Waals surface area contributed by atoms with Crippen LogP contribution < -0.4 is 0 Å². The highest BCUT2D eigenvalue weighted by Crippen LogP contribution is 2.37. The maximum absolute atomic E-state index is 12.4. The van der Waals surface area contributed by atoms with Crippen LogP contribution in [0.3, 0.4) is 0 Å². The number of ketones is 1. The van der Waals surface area contributed by atoms with Gasteiger partial charge in [-0.05, 0) is 50.2 Å². The SMILES string of the molecule is CCCc1cnc(C)c(C(CC)(CC(C)C)C(C)=O)c1. The van der Waals surface area contributed by atoms with Crippen LogP contribution in [-0.4, -0.2) is 10.8 Å². The number of aromatic nitrogens is 1. The molecular weight excluding hydrogens is 246 g/mol. The van der Waals surface area contributed by atoms with Crippen molar-refractivity contribution in [2.75, 3.05) is 0 Å². The Labute approximate surface area is 124 Å². The van der Waals surface area contributed by atoms with Gasteiger partial charge in [0.05, 0.1) is 5.41 Å². The van der Waals surface area contributed by atoms with Gasteiger partial charge in [0.25, 0.3) is 0 Å². The second-order valence-electron chi connectivity index (χ2n) is 6.32. The zero-order chi connectivity index (χ0) is 15.3. The molecule has 0 radical (unpaired) electrons. The van der Waals surface area contributed by atoms with E-state index in [2.05, 4.69) is 38.7 Å². The van der Waals surface area contributed by atoms with Gasteiger partial charge in [0.15, 0.2) is 0 Å². The first-order valence-corrected chi connectivity index (χ1v) is 7.84. The molecule has 0 aliphatic rings. The van der Waals surface area contributed by atoms with Crippen molar-refractivity contribution < 1.29 is 4.79 Å². The summed E-state index contributed by atoms with van der Waals surface area (Å²) in [7, 11) is 0. The number of aryl methyl sites for hydroxylation is 2. The van der Waals surface area contributed by atoms with E-state index in [9.17, 15) is 4.79 Å². The second-order valence-corrected chi connectivity index (χ2v) is 6.32. The lowest BCUT2D eigenvalue weighted by molar-refractivity contribution is -0.123. The molecule has 1 rings (SSSR count). The van der Waals surface area contributed by atoms with Crippen molar-refractivity contribution in [3.05, 3.63) is 29.1 Å². The highest BCUT2D eigenvalue weighted by atomic mass is 16.1. The fourth-order valence-corrected chi connectivity index (χ4v) is 3.21. The Balaban J connectivity index is 3.39. The molecule has 1 atom stereocenters. The number of hydrogen-bond donors (Lipinski definition) is 0. The van der Waals surface area contributed by atoms with Crippen molar-refractivity contribution in [3.63, 3.8) is 0 Å². The topological polar surface area (TPSA) is 30.0 Å². The first-order chi connectivity index (χ1) is 9.37. The van der Waals surface area contributed by atoms with Gasteiger partial charge in [-0.15, -0.1) is 0 Å². The fourth-order valence-electron chi connectivity index (χ4n) is 3.21. The monoisotopic (exact) mass is 275 g/mol. The van der Waals surface area contributed by atoms with Gasteiger partial charge in [-0.25, -0.2) is 0 Å². The molecule has 20 heavy (non-hydrogen) atoms. The van der Waals surface area contributed by atoms with Crippen LogP contribution in [0.25, 0.3) is 0 Å². The number of rotatable bonds is 7. The van der Waals surface area contributed by atoms with E-state index in [1.54, 1.807) is 6.92 Å². The van der Waals surface area contributed by atoms with Gasteiger partial charge in [0, 0.05) is 11.9 Å². The molecule has 1 heterocycles. The quantitative estimate of drug-likeness (QED) is 0.726. The minimum atomic E-state index is -0.366. The Morgan fingerprint density at radius 2 is 2.00 bits per heavy atom. The van der Waals surface area contributed by atoms with E-state index in [-0.39, 0.29) is 11.2 Å². The van der Waals surface area contributed by atoms with Crippen molar-refractivity contribution in [1.29, 1.82) is 0 Å². The smallest absolute Gasteiger partial charge is 0.140 e. The molecule has 0 N–H and O–H groups in total. The highest BCUT2D eigenvalue weighted by Gasteiger charge is 2.37. The third-order valence-electron chi connectivity index (χ3n) is 4.23. The van der Waals surface area contributed by atoms with Crippen LogP contribution in [0.4, 0.5) is 0 Å². The normalized spacial score (nSPS) is 14.3. The average Bonchev–Trinajstić information content (AvgIpc) is 2.38. The van der Waals surface area contributed by atoms with E-state index in [1.807, 2.05) is 13.1 Å². The van der Waals surface area contributed by atoms with Gasteiger partial charge in [0.1, 0.15) is 5.78 Å². The summed E-state index contributed by atoms with van der Waals surface area (Å²) in [4.78, 5) is 17.0. The Morgan fingerprint density at radius 3 is 2.45 bits per heavy atom. The van der Waals surface area contributed by atoms with Crippen LogP contribution >= 0.6 is 0 Å². The zero-order valence-corrected chi connectivity index (χ0v) is 13.9. The zero-order valence-electron chi connectivity index (χ0n) is 13.9. The van der Waals surface area contributed by atoms with E-state index in [0.717, 1.165) is 36.9 Å². The van der Waals surface area contributed by atoms with Crippen LogP contribution in [-0.2, 0) is 16.6 Å². The lowest BCUT2D eigenvalue weighted by atomic mass is 9.69. The summed E-state index contributed by atoms with van der Waals surface area (Å²) in [6.45, 7) is 12.4. The molecule has 0 saturated heterocycles. The lowest BCUT2D eigenvalue weighted by Gasteiger charge is -2.33. The molecule has 112 valence electrons. The molecule has 0 spiro atoms. The van der Waals surface area contributed by atoms with Crippen LogP contribution in [0.2, 0.25) is 0 Å². The van der Waals surface area contributed by atoms with Crippen molar-refractivity contribution in [2.24, 2.45) is 5.92 Å². The van der Waals surface area contributed by atoms with Crippen LogP contribution in [0.5, 0.6) is 0 Å². The molecular formula is C18H29NO. The van der Waals surface area contributed by atoms with Crippen molar-refractivity contribution in [1.82, 2.24) is 4.98 Å². The lowest BCUT2D eigenvalue weighted by Crippen LogP contribution is -2.36. The molecule has 0 aliphatic heterocycles. The van der Waals surface area contributed by atoms with Crippen molar-refractivity contribution >= 4 is 5.78 Å². The maximum Gasteiger partial charge on any atom is 0.140 e. The summed E-state index contributed by atoms with van der Waals surface area (Å²) >= 11 is 0. The number of carbonyl (C=O) groups excluding carboxylic acids is 1. The van der Waals surface area contributed by atoms with Gasteiger partial charge in [-0.2, -0.15) is 0 Å². The molecule has 2 heteroatoms. The summed E-state index contributed by atoms with van der Waals surface area (Å²) in [6.07, 6.45) is 5.83. The van der Waals surface area contributed by atoms with Crippen molar-refractivity contribution in [3.8, 4) is 0 Å². The van der Waals surface area contributed by atoms with Crippen LogP contribution in [0, 0.1) is 12.8 Å². The predicted octanol–water partition coefficient (Wildman–Crippen LogP) is 4.63. The van der Waals surface area contributed by atoms with Gasteiger partial charge in [0.2, 0.25) is 0 Å². The molecule has 0 bridgehead atoms. The van der Waals surface area contributed by atoms with E-state index >= 15 is 0 Å². The van der Waals surface area contributed by atoms with Gasteiger partial charge < -0.3 is 0 Å². The molecule has 0 aromatic carbocycles. The average molecular weight is 275 g/mol. The summed E-state index contributed by atoms with van der Waals surface area (Å²) in [5.41, 5.74) is 3.03. The number of carbonyl (C=O) groups is 1. The number of pyridine rings is 1. The first kappa shape index (κ1) is 16.9. The number of Topliss-reactive ketones (excluding diaryl/α,β-unsaturated/α-hetero) is 1. The van der Waals surface area contributed by atoms with Gasteiger partial charge in [-0.3, -0.25) is 9.78 Å². The molecule has 1 unspecified atom stereocenters. The van der Waals surface area contributed by atoms with E-state index < -0.39 is 0 Å². The number of nitrogens with zero attached hydrogens (tertiary/aromatic N) is 1. The Hall–Kier alpha value is -1.18. The van der Waals surface area contributed by atoms with Gasteiger partial charge in [-0.1, -0.05) is 40.2 Å². The molecule has 1 aromatic rings. The molecule has 0 saturated carbocycles. The van der Waals surface area contributed by atoms with E-state index in [0.29, 0.717) is 5.92 Å². The first-order valence-electron chi connectivity index (χ1n) is 7.84. The molecule has 0 aliphatic carbocycles.